The fraction of sp³-hybridized carbons (Fsp3) is 0.450. The summed E-state index contributed by atoms with van der Waals surface area (Å²) in [6, 6.07) is 5.55. The molecule has 0 radical (unpaired) electrons. The van der Waals surface area contributed by atoms with Crippen LogP contribution in [0.15, 0.2) is 29.6 Å². The van der Waals surface area contributed by atoms with E-state index in [2.05, 4.69) is 4.98 Å². The lowest BCUT2D eigenvalue weighted by molar-refractivity contribution is -0.141. The van der Waals surface area contributed by atoms with Crippen LogP contribution in [0.5, 0.6) is 0 Å². The number of carbonyl (C=O) groups excluding carboxylic acids is 1. The molecular formula is C20H21FN2O3S. The lowest BCUT2D eigenvalue weighted by Crippen LogP contribution is -2.46. The van der Waals surface area contributed by atoms with Gasteiger partial charge in [0.25, 0.3) is 5.91 Å². The van der Waals surface area contributed by atoms with Crippen molar-refractivity contribution in [1.29, 1.82) is 0 Å². The second kappa shape index (κ2) is 7.38. The molecule has 1 saturated heterocycles. The Morgan fingerprint density at radius 2 is 2.11 bits per heavy atom. The zero-order chi connectivity index (χ0) is 19.0. The molecule has 2 heterocycles. The van der Waals surface area contributed by atoms with Crippen LogP contribution in [0.3, 0.4) is 0 Å². The maximum Gasteiger partial charge on any atom is 0.326 e. The predicted octanol–water partition coefficient (Wildman–Crippen LogP) is 3.73. The van der Waals surface area contributed by atoms with Crippen molar-refractivity contribution in [2.45, 2.75) is 50.6 Å². The summed E-state index contributed by atoms with van der Waals surface area (Å²) in [6.45, 7) is 0. The van der Waals surface area contributed by atoms with E-state index in [-0.39, 0.29) is 23.7 Å². The monoisotopic (exact) mass is 388 g/mol. The highest BCUT2D eigenvalue weighted by Crippen LogP contribution is 2.40. The third-order valence-corrected chi connectivity index (χ3v) is 6.47. The molecule has 3 unspecified atom stereocenters. The SMILES string of the molecule is O=C(O)C1CC2CCCCC2N1C(=O)c1csc(Cc2cccc(F)c2)n1. The van der Waals surface area contributed by atoms with Gasteiger partial charge in [-0.25, -0.2) is 14.2 Å². The van der Waals surface area contributed by atoms with Crippen LogP contribution < -0.4 is 0 Å². The quantitative estimate of drug-likeness (QED) is 0.866. The van der Waals surface area contributed by atoms with Crippen molar-refractivity contribution in [3.05, 3.63) is 51.7 Å². The van der Waals surface area contributed by atoms with Gasteiger partial charge in [-0.2, -0.15) is 0 Å². The van der Waals surface area contributed by atoms with Gasteiger partial charge in [0, 0.05) is 17.8 Å². The van der Waals surface area contributed by atoms with Crippen LogP contribution in [0.2, 0.25) is 0 Å². The van der Waals surface area contributed by atoms with Crippen LogP contribution in [-0.4, -0.2) is 39.0 Å². The molecule has 3 atom stereocenters. The van der Waals surface area contributed by atoms with Crippen molar-refractivity contribution in [3.63, 3.8) is 0 Å². The van der Waals surface area contributed by atoms with Gasteiger partial charge in [0.05, 0.1) is 5.01 Å². The van der Waals surface area contributed by atoms with Crippen molar-refractivity contribution in [1.82, 2.24) is 9.88 Å². The van der Waals surface area contributed by atoms with E-state index < -0.39 is 12.0 Å². The van der Waals surface area contributed by atoms with E-state index in [4.69, 9.17) is 0 Å². The summed E-state index contributed by atoms with van der Waals surface area (Å²) >= 11 is 1.35. The molecule has 0 bridgehead atoms. The topological polar surface area (TPSA) is 70.5 Å². The smallest absolute Gasteiger partial charge is 0.326 e. The first-order chi connectivity index (χ1) is 13.0. The lowest BCUT2D eigenvalue weighted by atomic mass is 9.84. The number of benzene rings is 1. The highest BCUT2D eigenvalue weighted by Gasteiger charge is 2.48. The van der Waals surface area contributed by atoms with Gasteiger partial charge in [0.2, 0.25) is 0 Å². The molecule has 5 nitrogen and oxygen atoms in total. The zero-order valence-electron chi connectivity index (χ0n) is 14.8. The molecular weight excluding hydrogens is 367 g/mol. The first-order valence-electron chi connectivity index (χ1n) is 9.27. The van der Waals surface area contributed by atoms with E-state index >= 15 is 0 Å². The first kappa shape index (κ1) is 18.1. The molecule has 1 amide bonds. The number of carboxylic acids is 1. The van der Waals surface area contributed by atoms with E-state index in [1.165, 1.54) is 23.5 Å². The van der Waals surface area contributed by atoms with Gasteiger partial charge in [0.1, 0.15) is 17.6 Å². The minimum atomic E-state index is -0.937. The van der Waals surface area contributed by atoms with Crippen molar-refractivity contribution in [2.75, 3.05) is 0 Å². The van der Waals surface area contributed by atoms with Crippen LogP contribution in [0.1, 0.15) is 53.2 Å². The molecule has 1 saturated carbocycles. The molecule has 1 aliphatic carbocycles. The van der Waals surface area contributed by atoms with Crippen molar-refractivity contribution in [3.8, 4) is 0 Å². The zero-order valence-corrected chi connectivity index (χ0v) is 15.6. The van der Waals surface area contributed by atoms with Gasteiger partial charge in [-0.15, -0.1) is 11.3 Å². The van der Waals surface area contributed by atoms with Gasteiger partial charge < -0.3 is 10.0 Å². The molecule has 142 valence electrons. The molecule has 4 rings (SSSR count). The lowest BCUT2D eigenvalue weighted by Gasteiger charge is -2.32. The number of aliphatic carboxylic acids is 1. The molecule has 0 spiro atoms. The van der Waals surface area contributed by atoms with Gasteiger partial charge >= 0.3 is 5.97 Å². The maximum absolute atomic E-state index is 13.4. The summed E-state index contributed by atoms with van der Waals surface area (Å²) in [5.74, 6) is -1.26. The minimum Gasteiger partial charge on any atom is -0.480 e. The number of thiazole rings is 1. The number of amides is 1. The number of likely N-dealkylation sites (tertiary alicyclic amines) is 1. The van der Waals surface area contributed by atoms with Crippen LogP contribution in [0, 0.1) is 11.7 Å². The fourth-order valence-corrected chi connectivity index (χ4v) is 5.22. The fourth-order valence-electron chi connectivity index (χ4n) is 4.42. The molecule has 1 aromatic heterocycles. The maximum atomic E-state index is 13.4. The number of aromatic nitrogens is 1. The summed E-state index contributed by atoms with van der Waals surface area (Å²) in [5.41, 5.74) is 1.09. The number of hydrogen-bond donors (Lipinski definition) is 1. The first-order valence-corrected chi connectivity index (χ1v) is 10.1. The van der Waals surface area contributed by atoms with E-state index in [1.54, 1.807) is 16.3 Å². The Morgan fingerprint density at radius 1 is 1.30 bits per heavy atom. The molecule has 1 aliphatic heterocycles. The van der Waals surface area contributed by atoms with Crippen LogP contribution in [0.25, 0.3) is 0 Å². The normalized spacial score (nSPS) is 24.6. The summed E-state index contributed by atoms with van der Waals surface area (Å²) in [6.07, 6.45) is 4.96. The van der Waals surface area contributed by atoms with Crippen LogP contribution in [-0.2, 0) is 11.2 Å². The number of fused-ring (bicyclic) bond motifs is 1. The number of nitrogens with zero attached hydrogens (tertiary/aromatic N) is 2. The van der Waals surface area contributed by atoms with Crippen LogP contribution >= 0.6 is 11.3 Å². The molecule has 7 heteroatoms. The van der Waals surface area contributed by atoms with Crippen molar-refractivity contribution in [2.24, 2.45) is 5.92 Å². The Morgan fingerprint density at radius 3 is 2.89 bits per heavy atom. The molecule has 27 heavy (non-hydrogen) atoms. The highest BCUT2D eigenvalue weighted by molar-refractivity contribution is 7.09. The predicted molar refractivity (Wildman–Crippen MR) is 99.3 cm³/mol. The number of halogens is 1. The number of carboxylic acid groups (broad SMARTS) is 1. The Bertz CT molecular complexity index is 868. The minimum absolute atomic E-state index is 0.000666. The summed E-state index contributed by atoms with van der Waals surface area (Å²) in [4.78, 5) is 30.8. The number of hydrogen-bond acceptors (Lipinski definition) is 4. The van der Waals surface area contributed by atoms with Gasteiger partial charge in [-0.05, 0) is 42.9 Å². The second-order valence-corrected chi connectivity index (χ2v) is 8.29. The third kappa shape index (κ3) is 3.60. The highest BCUT2D eigenvalue weighted by atomic mass is 32.1. The molecule has 2 fully saturated rings. The third-order valence-electron chi connectivity index (χ3n) is 5.62. The molecule has 2 aliphatic rings. The average Bonchev–Trinajstić information content (AvgIpc) is 3.26. The summed E-state index contributed by atoms with van der Waals surface area (Å²) < 4.78 is 13.4. The van der Waals surface area contributed by atoms with Gasteiger partial charge in [-0.3, -0.25) is 4.79 Å². The average molecular weight is 388 g/mol. The number of carbonyl (C=O) groups is 2. The Kier molecular flexibility index (Phi) is 4.95. The van der Waals surface area contributed by atoms with E-state index in [0.29, 0.717) is 18.5 Å². The standard InChI is InChI=1S/C20H21FN2O3S/c21-14-6-3-4-12(8-14)9-18-22-15(11-27-18)19(24)23-16-7-2-1-5-13(16)10-17(23)20(25)26/h3-4,6,8,11,13,16-17H,1-2,5,7,9-10H2,(H,25,26). The van der Waals surface area contributed by atoms with Crippen molar-refractivity contribution >= 4 is 23.2 Å². The van der Waals surface area contributed by atoms with E-state index in [0.717, 1.165) is 36.3 Å². The van der Waals surface area contributed by atoms with E-state index in [9.17, 15) is 19.1 Å². The molecule has 1 N–H and O–H groups in total. The molecule has 1 aromatic carbocycles. The molecule has 2 aromatic rings. The van der Waals surface area contributed by atoms with Gasteiger partial charge in [-0.1, -0.05) is 25.0 Å². The van der Waals surface area contributed by atoms with Crippen LogP contribution in [0.4, 0.5) is 4.39 Å². The Labute approximate surface area is 160 Å². The second-order valence-electron chi connectivity index (χ2n) is 7.35. The Balaban J connectivity index is 1.55. The largest absolute Gasteiger partial charge is 0.480 e. The van der Waals surface area contributed by atoms with Gasteiger partial charge in [0.15, 0.2) is 0 Å². The van der Waals surface area contributed by atoms with E-state index in [1.807, 2.05) is 6.07 Å². The Hall–Kier alpha value is -2.28. The summed E-state index contributed by atoms with van der Waals surface area (Å²) in [7, 11) is 0. The number of rotatable bonds is 4. The summed E-state index contributed by atoms with van der Waals surface area (Å²) in [5, 5.41) is 12.0. The van der Waals surface area contributed by atoms with Crippen molar-refractivity contribution < 1.29 is 19.1 Å².